The molecule has 0 N–H and O–H groups in total. The number of allylic oxidation sites excluding steroid dienone is 4. The van der Waals surface area contributed by atoms with Gasteiger partial charge in [0.15, 0.2) is 0 Å². The molecule has 0 amide bonds. The molecule has 0 spiro atoms. The Kier molecular flexibility index (Phi) is 5.75. The van der Waals surface area contributed by atoms with E-state index in [9.17, 15) is 0 Å². The summed E-state index contributed by atoms with van der Waals surface area (Å²) in [5.41, 5.74) is 6.00. The first kappa shape index (κ1) is 22.2. The topological polar surface area (TPSA) is 0 Å². The second kappa shape index (κ2) is 8.29. The van der Waals surface area contributed by atoms with Crippen molar-refractivity contribution in [1.29, 1.82) is 0 Å². The van der Waals surface area contributed by atoms with E-state index in [4.69, 9.17) is 0 Å². The van der Waals surface area contributed by atoms with Gasteiger partial charge in [-0.2, -0.15) is 0 Å². The van der Waals surface area contributed by atoms with Crippen LogP contribution in [-0.4, -0.2) is 3.26 Å². The summed E-state index contributed by atoms with van der Waals surface area (Å²) in [5, 5.41) is 0. The molecule has 0 fully saturated rings. The van der Waals surface area contributed by atoms with E-state index in [2.05, 4.69) is 113 Å². The van der Waals surface area contributed by atoms with Gasteiger partial charge in [-0.05, 0) is 0 Å². The summed E-state index contributed by atoms with van der Waals surface area (Å²) in [6.45, 7) is 4.76. The second-order valence-corrected chi connectivity index (χ2v) is 36.5. The standard InChI is InChI=1S/C13H9.C10H14S.C5H5.2CH3.Hf/c1-3-7-12-10(5-1)9-11-6-2-4-8-13(11)12;1-3-5-6-10-8-7-9(4-2)11-10;1-2-4-5-3-1;;;/h1-5,7-8H,9H2;7-8H,3,5-6H2,1-2H3;1-5H;2*1H3;. The minimum absolute atomic E-state index is 0.545. The molecule has 0 bridgehead atoms. The first-order valence-electron chi connectivity index (χ1n) is 12.1. The average Bonchev–Trinajstić information content (AvgIpc) is 3.56. The Morgan fingerprint density at radius 2 is 1.69 bits per heavy atom. The van der Waals surface area contributed by atoms with Crippen LogP contribution in [0.25, 0.3) is 11.1 Å². The Morgan fingerprint density at radius 1 is 0.938 bits per heavy atom. The van der Waals surface area contributed by atoms with Crippen LogP contribution in [0.5, 0.6) is 0 Å². The van der Waals surface area contributed by atoms with Crippen molar-refractivity contribution in [3.8, 4) is 11.1 Å². The van der Waals surface area contributed by atoms with Crippen molar-refractivity contribution in [1.82, 2.24) is 0 Å². The summed E-state index contributed by atoms with van der Waals surface area (Å²) in [6.07, 6.45) is 14.4. The summed E-state index contributed by atoms with van der Waals surface area (Å²) in [6, 6.07) is 21.0. The van der Waals surface area contributed by atoms with Gasteiger partial charge in [-0.25, -0.2) is 0 Å². The van der Waals surface area contributed by atoms with Crippen molar-refractivity contribution in [2.75, 3.05) is 0 Å². The minimum atomic E-state index is -3.83. The van der Waals surface area contributed by atoms with Gasteiger partial charge >= 0.3 is 199 Å². The zero-order chi connectivity index (χ0) is 22.4. The Hall–Kier alpha value is -1.64. The molecule has 0 radical (unpaired) electrons. The summed E-state index contributed by atoms with van der Waals surface area (Å²) in [7, 11) is 0. The molecule has 2 heteroatoms. The van der Waals surface area contributed by atoms with E-state index in [1.54, 1.807) is 17.0 Å². The van der Waals surface area contributed by atoms with Gasteiger partial charge in [0.25, 0.3) is 0 Å². The van der Waals surface area contributed by atoms with E-state index in [1.807, 2.05) is 0 Å². The molecule has 2 aliphatic rings. The number of hydrogen-bond donors (Lipinski definition) is 0. The number of benzene rings is 2. The summed E-state index contributed by atoms with van der Waals surface area (Å²) in [5.74, 6) is 0. The maximum atomic E-state index is 2.71. The zero-order valence-corrected chi connectivity index (χ0v) is 24.2. The molecule has 2 aliphatic carbocycles. The molecular weight excluding hydrogens is 571 g/mol. The van der Waals surface area contributed by atoms with Gasteiger partial charge in [0.05, 0.1) is 0 Å². The Morgan fingerprint density at radius 3 is 2.47 bits per heavy atom. The van der Waals surface area contributed by atoms with Gasteiger partial charge in [-0.3, -0.25) is 0 Å². The van der Waals surface area contributed by atoms with Gasteiger partial charge < -0.3 is 0 Å². The fraction of sp³-hybridized carbons (Fsp3) is 0.300. The number of fused-ring (bicyclic) bond motifs is 3. The van der Waals surface area contributed by atoms with Crippen LogP contribution in [0.2, 0.25) is 13.0 Å². The molecular formula is C30H34HfS. The third-order valence-corrected chi connectivity index (χ3v) is 35.8. The Balaban J connectivity index is 1.76. The predicted octanol–water partition coefficient (Wildman–Crippen LogP) is 8.23. The number of hydrogen-bond acceptors (Lipinski definition) is 1. The fourth-order valence-electron chi connectivity index (χ4n) is 5.96. The van der Waals surface area contributed by atoms with Crippen LogP contribution in [0.1, 0.15) is 47.6 Å². The van der Waals surface area contributed by atoms with Crippen molar-refractivity contribution in [2.45, 2.75) is 52.6 Å². The Bertz CT molecular complexity index is 1300. The average molecular weight is 605 g/mol. The number of rotatable bonds is 6. The van der Waals surface area contributed by atoms with Gasteiger partial charge in [-0.15, -0.1) is 0 Å². The van der Waals surface area contributed by atoms with E-state index in [1.165, 1.54) is 40.8 Å². The van der Waals surface area contributed by atoms with Crippen LogP contribution < -0.4 is 3.32 Å². The zero-order valence-electron chi connectivity index (χ0n) is 19.8. The molecule has 1 heterocycles. The summed E-state index contributed by atoms with van der Waals surface area (Å²) >= 11 is -1.78. The van der Waals surface area contributed by atoms with Crippen molar-refractivity contribution in [3.05, 3.63) is 99.8 Å². The van der Waals surface area contributed by atoms with E-state index in [0.29, 0.717) is 3.67 Å². The number of unbranched alkanes of at least 4 members (excludes halogenated alkanes) is 1. The van der Waals surface area contributed by atoms with E-state index in [-0.39, 0.29) is 0 Å². The molecule has 32 heavy (non-hydrogen) atoms. The quantitative estimate of drug-likeness (QED) is 0.195. The third kappa shape index (κ3) is 3.37. The molecule has 1 aromatic heterocycles. The number of aryl methyl sites for hydroxylation is 1. The van der Waals surface area contributed by atoms with Crippen LogP contribution in [-0.2, 0) is 30.9 Å². The molecule has 2 aromatic carbocycles. The first-order valence-corrected chi connectivity index (χ1v) is 25.8. The first-order chi connectivity index (χ1) is 15.4. The number of thiophene rings is 1. The van der Waals surface area contributed by atoms with Crippen LogP contribution in [0, 0.1) is 0 Å². The van der Waals surface area contributed by atoms with Gasteiger partial charge in [0.1, 0.15) is 0 Å². The second-order valence-electron chi connectivity index (χ2n) is 10.4. The van der Waals surface area contributed by atoms with Crippen molar-refractivity contribution >= 4 is 17.9 Å². The van der Waals surface area contributed by atoms with Crippen molar-refractivity contribution in [2.24, 2.45) is 0 Å². The molecule has 0 saturated carbocycles. The van der Waals surface area contributed by atoms with E-state index >= 15 is 0 Å². The van der Waals surface area contributed by atoms with Crippen molar-refractivity contribution < 1.29 is 18.0 Å². The van der Waals surface area contributed by atoms with E-state index < -0.39 is 18.0 Å². The normalized spacial score (nSPS) is 15.3. The van der Waals surface area contributed by atoms with E-state index in [0.717, 1.165) is 6.42 Å². The molecule has 164 valence electrons. The van der Waals surface area contributed by atoms with Crippen LogP contribution in [0.4, 0.5) is 0 Å². The molecule has 0 aliphatic heterocycles. The summed E-state index contributed by atoms with van der Waals surface area (Å²) in [4.78, 5) is 3.07. The Labute approximate surface area is 198 Å². The van der Waals surface area contributed by atoms with Crippen molar-refractivity contribution in [3.63, 3.8) is 0 Å². The monoisotopic (exact) mass is 606 g/mol. The van der Waals surface area contributed by atoms with Gasteiger partial charge in [0.2, 0.25) is 0 Å². The maximum absolute atomic E-state index is 3.83. The SMILES string of the molecule is CCCCc1ccc([C](C)=[Hf]([CH3])([CH3])([c]2cccc3c2Cc2ccccc2-3)[CH]2C=CC=C2)s1. The molecule has 0 nitrogen and oxygen atoms in total. The molecule has 3 aromatic rings. The predicted molar refractivity (Wildman–Crippen MR) is 141 cm³/mol. The fourth-order valence-corrected chi connectivity index (χ4v) is 28.9. The summed E-state index contributed by atoms with van der Waals surface area (Å²) < 4.78 is 9.35. The molecule has 0 atom stereocenters. The molecule has 0 saturated heterocycles. The van der Waals surface area contributed by atoms with Gasteiger partial charge in [0, 0.05) is 0 Å². The molecule has 0 unspecified atom stereocenters. The van der Waals surface area contributed by atoms with Crippen LogP contribution >= 0.6 is 11.3 Å². The molecule has 5 rings (SSSR count). The van der Waals surface area contributed by atoms with Gasteiger partial charge in [-0.1, -0.05) is 0 Å². The van der Waals surface area contributed by atoms with Crippen LogP contribution in [0.3, 0.4) is 0 Å². The van der Waals surface area contributed by atoms with Crippen LogP contribution in [0.15, 0.2) is 78.9 Å². The third-order valence-electron chi connectivity index (χ3n) is 8.39.